The van der Waals surface area contributed by atoms with Gasteiger partial charge < -0.3 is 0 Å². The zero-order chi connectivity index (χ0) is 26.7. The highest BCUT2D eigenvalue weighted by molar-refractivity contribution is 7.97. The minimum atomic E-state index is 0.542. The smallest absolute Gasteiger partial charge is 0.0980 e. The summed E-state index contributed by atoms with van der Waals surface area (Å²) in [6, 6.07) is 16.8. The van der Waals surface area contributed by atoms with E-state index in [1.165, 1.54) is 59.3 Å². The molecule has 2 aromatic rings. The lowest BCUT2D eigenvalue weighted by Gasteiger charge is -2.48. The molecule has 5 rings (SSSR count). The van der Waals surface area contributed by atoms with Gasteiger partial charge in [-0.3, -0.25) is 14.9 Å². The minimum absolute atomic E-state index is 0.542. The van der Waals surface area contributed by atoms with Gasteiger partial charge in [0.05, 0.1) is 12.4 Å². The maximum atomic E-state index is 5.05. The lowest BCUT2D eigenvalue weighted by molar-refractivity contribution is 0.0143. The van der Waals surface area contributed by atoms with Crippen molar-refractivity contribution in [1.82, 2.24) is 9.62 Å². The van der Waals surface area contributed by atoms with Crippen LogP contribution in [0.25, 0.3) is 5.70 Å². The summed E-state index contributed by atoms with van der Waals surface area (Å²) in [5.74, 6) is 0.660. The summed E-state index contributed by atoms with van der Waals surface area (Å²) in [5.41, 5.74) is 7.78. The predicted molar refractivity (Wildman–Crippen MR) is 164 cm³/mol. The molecule has 1 N–H and O–H groups in total. The first-order valence-electron chi connectivity index (χ1n) is 14.4. The molecule has 0 amide bonds. The van der Waals surface area contributed by atoms with E-state index in [0.717, 1.165) is 30.8 Å². The molecule has 1 unspecified atom stereocenters. The van der Waals surface area contributed by atoms with Crippen LogP contribution in [0.4, 0.5) is 0 Å². The highest BCUT2D eigenvalue weighted by atomic mass is 32.2. The zero-order valence-electron chi connectivity index (χ0n) is 23.7. The third-order valence-corrected chi connectivity index (χ3v) is 9.48. The molecule has 2 bridgehead atoms. The summed E-state index contributed by atoms with van der Waals surface area (Å²) in [6.07, 6.45) is 11.1. The second-order valence-corrected chi connectivity index (χ2v) is 13.2. The number of rotatable bonds is 6. The van der Waals surface area contributed by atoms with E-state index in [1.807, 2.05) is 0 Å². The second-order valence-electron chi connectivity index (χ2n) is 12.2. The van der Waals surface area contributed by atoms with E-state index >= 15 is 0 Å². The second kappa shape index (κ2) is 11.9. The number of nitrogens with zero attached hydrogens (tertiary/aromatic N) is 3. The Bertz CT molecular complexity index is 1180. The first-order valence-corrected chi connectivity index (χ1v) is 15.2. The average molecular weight is 529 g/mol. The fourth-order valence-corrected chi connectivity index (χ4v) is 7.18. The molecule has 2 fully saturated rings. The average Bonchev–Trinajstić information content (AvgIpc) is 3.66. The van der Waals surface area contributed by atoms with Crippen LogP contribution in [0.5, 0.6) is 0 Å². The molecule has 2 aromatic carbocycles. The number of aliphatic imine (C=N–C) groups is 2. The Morgan fingerprint density at radius 1 is 1.18 bits per heavy atom. The van der Waals surface area contributed by atoms with Crippen molar-refractivity contribution < 1.29 is 0 Å². The van der Waals surface area contributed by atoms with E-state index in [4.69, 9.17) is 4.99 Å². The SMILES string of the molecule is C=N/C(=C\C1=NCNSc2cccc(c2)CN(C2CC3(CC3)C2)C(CC(C)C)CC1)c1c(C)cccc1C. The van der Waals surface area contributed by atoms with Crippen LogP contribution >= 0.6 is 11.9 Å². The maximum absolute atomic E-state index is 5.05. The Balaban J connectivity index is 1.47. The first-order chi connectivity index (χ1) is 18.4. The fourth-order valence-electron chi connectivity index (χ4n) is 6.53. The van der Waals surface area contributed by atoms with Crippen LogP contribution < -0.4 is 4.72 Å². The van der Waals surface area contributed by atoms with Crippen molar-refractivity contribution in [3.8, 4) is 0 Å². The summed E-state index contributed by atoms with van der Waals surface area (Å²) >= 11 is 1.68. The number of fused-ring (bicyclic) bond motifs is 2. The lowest BCUT2D eigenvalue weighted by Crippen LogP contribution is -2.50. The summed E-state index contributed by atoms with van der Waals surface area (Å²) < 4.78 is 3.47. The Labute approximate surface area is 234 Å². The van der Waals surface area contributed by atoms with E-state index < -0.39 is 0 Å². The molecule has 1 atom stereocenters. The van der Waals surface area contributed by atoms with Crippen LogP contribution in [0.15, 0.2) is 63.4 Å². The summed E-state index contributed by atoms with van der Waals surface area (Å²) in [5, 5.41) is 0. The molecule has 38 heavy (non-hydrogen) atoms. The topological polar surface area (TPSA) is 40.0 Å². The van der Waals surface area contributed by atoms with Crippen LogP contribution in [0.1, 0.15) is 81.0 Å². The Morgan fingerprint density at radius 3 is 2.61 bits per heavy atom. The molecule has 1 heterocycles. The van der Waals surface area contributed by atoms with Gasteiger partial charge in [0.1, 0.15) is 0 Å². The standard InChI is InChI=1S/C33H44N4S/c1-23(2)16-28-13-12-27(18-31(34-5)32-24(3)8-6-9-25(32)4)35-22-36-38-30-11-7-10-26(17-30)21-37(28)29-19-33(20-29)14-15-33/h6-11,17-18,23,28-29,36H,5,12-16,19-22H2,1-4H3/b31-18-,35-27?. The largest absolute Gasteiger partial charge is 0.293 e. The number of hydrogen-bond donors (Lipinski definition) is 1. The quantitative estimate of drug-likeness (QED) is 0.305. The molecule has 2 saturated carbocycles. The molecule has 0 aromatic heterocycles. The fraction of sp³-hybridized carbons (Fsp3) is 0.515. The van der Waals surface area contributed by atoms with E-state index in [1.54, 1.807) is 11.9 Å². The van der Waals surface area contributed by atoms with Gasteiger partial charge in [-0.25, -0.2) is 4.72 Å². The third kappa shape index (κ3) is 6.50. The Kier molecular flexibility index (Phi) is 8.56. The number of allylic oxidation sites excluding steroid dienone is 1. The van der Waals surface area contributed by atoms with E-state index in [-0.39, 0.29) is 0 Å². The monoisotopic (exact) mass is 528 g/mol. The van der Waals surface area contributed by atoms with Gasteiger partial charge in [0.15, 0.2) is 0 Å². The molecule has 4 nitrogen and oxygen atoms in total. The normalized spacial score (nSPS) is 22.7. The van der Waals surface area contributed by atoms with Crippen LogP contribution in [-0.4, -0.2) is 36.1 Å². The van der Waals surface area contributed by atoms with Gasteiger partial charge in [-0.2, -0.15) is 0 Å². The number of hydrogen-bond acceptors (Lipinski definition) is 5. The van der Waals surface area contributed by atoms with Crippen molar-refractivity contribution in [2.24, 2.45) is 21.3 Å². The van der Waals surface area contributed by atoms with Gasteiger partial charge in [-0.1, -0.05) is 44.2 Å². The molecule has 5 heteroatoms. The van der Waals surface area contributed by atoms with E-state index in [0.29, 0.717) is 30.1 Å². The summed E-state index contributed by atoms with van der Waals surface area (Å²) in [7, 11) is 0. The van der Waals surface area contributed by atoms with Crippen molar-refractivity contribution in [3.05, 3.63) is 70.8 Å². The van der Waals surface area contributed by atoms with Gasteiger partial charge in [-0.05, 0) is 124 Å². The zero-order valence-corrected chi connectivity index (χ0v) is 24.5. The van der Waals surface area contributed by atoms with Crippen LogP contribution in [-0.2, 0) is 6.54 Å². The predicted octanol–water partition coefficient (Wildman–Crippen LogP) is 7.99. The molecular weight excluding hydrogens is 484 g/mol. The minimum Gasteiger partial charge on any atom is -0.293 e. The van der Waals surface area contributed by atoms with Crippen molar-refractivity contribution >= 4 is 30.1 Å². The van der Waals surface area contributed by atoms with Crippen molar-refractivity contribution in [1.29, 1.82) is 0 Å². The summed E-state index contributed by atoms with van der Waals surface area (Å²) in [6.45, 7) is 14.6. The third-order valence-electron chi connectivity index (χ3n) is 8.72. The highest BCUT2D eigenvalue weighted by Crippen LogP contribution is 2.62. The molecule has 0 radical (unpaired) electrons. The van der Waals surface area contributed by atoms with E-state index in [2.05, 4.69) is 97.6 Å². The molecule has 202 valence electrons. The van der Waals surface area contributed by atoms with Gasteiger partial charge in [0.2, 0.25) is 0 Å². The first kappa shape index (κ1) is 27.4. The van der Waals surface area contributed by atoms with Crippen molar-refractivity contribution in [3.63, 3.8) is 0 Å². The van der Waals surface area contributed by atoms with Crippen LogP contribution in [0, 0.1) is 25.2 Å². The molecule has 1 spiro atoms. The molecule has 2 aliphatic carbocycles. The maximum Gasteiger partial charge on any atom is 0.0980 e. The van der Waals surface area contributed by atoms with Gasteiger partial charge in [0, 0.05) is 34.8 Å². The van der Waals surface area contributed by atoms with Crippen LogP contribution in [0.2, 0.25) is 0 Å². The van der Waals surface area contributed by atoms with Gasteiger partial charge in [0.25, 0.3) is 0 Å². The highest BCUT2D eigenvalue weighted by Gasteiger charge is 2.54. The molecular formula is C33H44N4S. The molecule has 1 aliphatic heterocycles. The number of nitrogens with one attached hydrogen (secondary N) is 1. The lowest BCUT2D eigenvalue weighted by atomic mass is 9.75. The Morgan fingerprint density at radius 2 is 1.92 bits per heavy atom. The molecule has 3 aliphatic rings. The van der Waals surface area contributed by atoms with Crippen molar-refractivity contribution in [2.75, 3.05) is 6.67 Å². The van der Waals surface area contributed by atoms with Crippen molar-refractivity contribution in [2.45, 2.75) is 96.2 Å². The molecule has 0 saturated heterocycles. The van der Waals surface area contributed by atoms with E-state index in [9.17, 15) is 0 Å². The van der Waals surface area contributed by atoms with Crippen LogP contribution in [0.3, 0.4) is 0 Å². The van der Waals surface area contributed by atoms with Gasteiger partial charge in [-0.15, -0.1) is 0 Å². The van der Waals surface area contributed by atoms with Gasteiger partial charge >= 0.3 is 0 Å². The number of benzene rings is 2. The summed E-state index contributed by atoms with van der Waals surface area (Å²) in [4.78, 5) is 13.7. The number of aryl methyl sites for hydroxylation is 2. The Hall–Kier alpha value is -2.21.